The van der Waals surface area contributed by atoms with Crippen LogP contribution < -0.4 is 5.32 Å². The van der Waals surface area contributed by atoms with Crippen LogP contribution in [0.2, 0.25) is 0 Å². The van der Waals surface area contributed by atoms with Gasteiger partial charge in [-0.2, -0.15) is 0 Å². The molecular weight excluding hydrogens is 252 g/mol. The summed E-state index contributed by atoms with van der Waals surface area (Å²) in [6, 6.07) is 9.63. The fraction of sp³-hybridized carbons (Fsp3) is 0.500. The van der Waals surface area contributed by atoms with Crippen molar-refractivity contribution in [1.29, 1.82) is 0 Å². The maximum Gasteiger partial charge on any atom is 0.231 e. The molecule has 0 aliphatic rings. The molecule has 0 fully saturated rings. The summed E-state index contributed by atoms with van der Waals surface area (Å²) in [4.78, 5) is 25.3. The number of hydrogen-bond donors (Lipinski definition) is 1. The third kappa shape index (κ3) is 5.43. The van der Waals surface area contributed by atoms with Gasteiger partial charge in [-0.1, -0.05) is 43.7 Å². The van der Waals surface area contributed by atoms with Crippen molar-refractivity contribution in [3.63, 3.8) is 0 Å². The second-order valence-electron chi connectivity index (χ2n) is 5.05. The van der Waals surface area contributed by atoms with Gasteiger partial charge < -0.3 is 10.2 Å². The predicted octanol–water partition coefficient (Wildman–Crippen LogP) is 2.51. The van der Waals surface area contributed by atoms with Gasteiger partial charge in [-0.15, -0.1) is 0 Å². The summed E-state index contributed by atoms with van der Waals surface area (Å²) in [6.07, 6.45) is 1.91. The maximum absolute atomic E-state index is 11.9. The number of rotatable bonds is 7. The summed E-state index contributed by atoms with van der Waals surface area (Å²) in [5, 5.41) is 2.85. The van der Waals surface area contributed by atoms with Gasteiger partial charge in [0.1, 0.15) is 6.42 Å². The molecule has 1 N–H and O–H groups in total. The Morgan fingerprint density at radius 2 is 1.90 bits per heavy atom. The molecule has 0 aliphatic carbocycles. The lowest BCUT2D eigenvalue weighted by Crippen LogP contribution is -2.34. The van der Waals surface area contributed by atoms with Crippen LogP contribution in [0.25, 0.3) is 0 Å². The van der Waals surface area contributed by atoms with Crippen molar-refractivity contribution in [2.45, 2.75) is 39.2 Å². The zero-order valence-electron chi connectivity index (χ0n) is 12.6. The van der Waals surface area contributed by atoms with E-state index >= 15 is 0 Å². The monoisotopic (exact) mass is 276 g/mol. The number of nitrogens with one attached hydrogen (secondary N) is 1. The number of benzene rings is 1. The lowest BCUT2D eigenvalue weighted by atomic mass is 10.1. The second-order valence-corrected chi connectivity index (χ2v) is 5.05. The molecule has 20 heavy (non-hydrogen) atoms. The van der Waals surface area contributed by atoms with Crippen LogP contribution in [0.4, 0.5) is 0 Å². The van der Waals surface area contributed by atoms with Crippen LogP contribution in [0.3, 0.4) is 0 Å². The normalized spacial score (nSPS) is 11.8. The van der Waals surface area contributed by atoms with Crippen molar-refractivity contribution < 1.29 is 9.59 Å². The first-order chi connectivity index (χ1) is 9.54. The second kappa shape index (κ2) is 8.35. The Morgan fingerprint density at radius 3 is 2.50 bits per heavy atom. The zero-order valence-corrected chi connectivity index (χ0v) is 12.6. The molecule has 4 heteroatoms. The first-order valence-electron chi connectivity index (χ1n) is 7.12. The minimum Gasteiger partial charge on any atom is -0.349 e. The highest BCUT2D eigenvalue weighted by molar-refractivity contribution is 5.96. The van der Waals surface area contributed by atoms with E-state index in [9.17, 15) is 9.59 Å². The highest BCUT2D eigenvalue weighted by Gasteiger charge is 2.15. The predicted molar refractivity (Wildman–Crippen MR) is 80.2 cm³/mol. The fourth-order valence-electron chi connectivity index (χ4n) is 1.91. The van der Waals surface area contributed by atoms with E-state index in [1.165, 1.54) is 0 Å². The zero-order chi connectivity index (χ0) is 15.0. The van der Waals surface area contributed by atoms with Crippen LogP contribution in [-0.2, 0) is 9.59 Å². The van der Waals surface area contributed by atoms with Crippen molar-refractivity contribution in [3.05, 3.63) is 35.9 Å². The summed E-state index contributed by atoms with van der Waals surface area (Å²) in [5.41, 5.74) is 1.03. The van der Waals surface area contributed by atoms with Crippen LogP contribution in [0, 0.1) is 0 Å². The van der Waals surface area contributed by atoms with E-state index in [0.29, 0.717) is 6.54 Å². The van der Waals surface area contributed by atoms with Crippen LogP contribution in [0.1, 0.15) is 44.7 Å². The highest BCUT2D eigenvalue weighted by atomic mass is 16.2. The third-order valence-electron chi connectivity index (χ3n) is 3.26. The molecule has 0 saturated carbocycles. The maximum atomic E-state index is 11.9. The minimum absolute atomic E-state index is 0.0857. The van der Waals surface area contributed by atoms with E-state index in [-0.39, 0.29) is 24.3 Å². The van der Waals surface area contributed by atoms with Crippen LogP contribution >= 0.6 is 0 Å². The first-order valence-corrected chi connectivity index (χ1v) is 7.12. The van der Waals surface area contributed by atoms with Crippen molar-refractivity contribution in [1.82, 2.24) is 10.2 Å². The van der Waals surface area contributed by atoms with Crippen LogP contribution in [-0.4, -0.2) is 30.3 Å². The summed E-state index contributed by atoms with van der Waals surface area (Å²) >= 11 is 0. The Labute approximate surface area is 121 Å². The van der Waals surface area contributed by atoms with Crippen molar-refractivity contribution >= 4 is 11.8 Å². The van der Waals surface area contributed by atoms with Crippen molar-refractivity contribution in [2.24, 2.45) is 0 Å². The van der Waals surface area contributed by atoms with Crippen molar-refractivity contribution in [3.8, 4) is 0 Å². The largest absolute Gasteiger partial charge is 0.349 e. The molecule has 1 unspecified atom stereocenters. The highest BCUT2D eigenvalue weighted by Crippen LogP contribution is 2.11. The molecule has 110 valence electrons. The Hall–Kier alpha value is -1.84. The Morgan fingerprint density at radius 1 is 1.25 bits per heavy atom. The average Bonchev–Trinajstić information content (AvgIpc) is 2.45. The van der Waals surface area contributed by atoms with E-state index in [4.69, 9.17) is 0 Å². The molecule has 0 radical (unpaired) electrons. The molecule has 0 saturated heterocycles. The third-order valence-corrected chi connectivity index (χ3v) is 3.26. The molecule has 4 nitrogen and oxygen atoms in total. The first kappa shape index (κ1) is 16.2. The summed E-state index contributed by atoms with van der Waals surface area (Å²) in [5.74, 6) is -0.356. The number of carbonyl (C=O) groups excluding carboxylic acids is 2. The van der Waals surface area contributed by atoms with Crippen LogP contribution in [0.5, 0.6) is 0 Å². The Balaban J connectivity index is 2.41. The quantitative estimate of drug-likeness (QED) is 0.778. The van der Waals surface area contributed by atoms with E-state index in [0.717, 1.165) is 18.4 Å². The van der Waals surface area contributed by atoms with Gasteiger partial charge in [0.2, 0.25) is 11.8 Å². The summed E-state index contributed by atoms with van der Waals surface area (Å²) in [7, 11) is 1.74. The molecule has 2 amide bonds. The molecule has 1 rings (SSSR count). The molecule has 0 heterocycles. The molecule has 1 aromatic carbocycles. The minimum atomic E-state index is -0.227. The lowest BCUT2D eigenvalue weighted by Gasteiger charge is -2.18. The average molecular weight is 276 g/mol. The topological polar surface area (TPSA) is 49.4 Å². The SMILES string of the molecule is CCCCN(C)C(=O)CC(=O)NC(C)c1ccccc1. The molecule has 0 bridgehead atoms. The Kier molecular flexibility index (Phi) is 6.77. The van der Waals surface area contributed by atoms with Gasteiger partial charge in [0.15, 0.2) is 0 Å². The molecule has 0 aliphatic heterocycles. The number of unbranched alkanes of at least 4 members (excludes halogenated alkanes) is 1. The van der Waals surface area contributed by atoms with E-state index < -0.39 is 0 Å². The lowest BCUT2D eigenvalue weighted by molar-refractivity contribution is -0.135. The number of amides is 2. The van der Waals surface area contributed by atoms with E-state index in [1.807, 2.05) is 37.3 Å². The number of nitrogens with zero attached hydrogens (tertiary/aromatic N) is 1. The van der Waals surface area contributed by atoms with Gasteiger partial charge in [0, 0.05) is 13.6 Å². The molecule has 0 spiro atoms. The van der Waals surface area contributed by atoms with E-state index in [1.54, 1.807) is 11.9 Å². The number of hydrogen-bond acceptors (Lipinski definition) is 2. The molecule has 0 aromatic heterocycles. The number of carbonyl (C=O) groups is 2. The van der Waals surface area contributed by atoms with Gasteiger partial charge in [-0.3, -0.25) is 9.59 Å². The van der Waals surface area contributed by atoms with Gasteiger partial charge in [0.05, 0.1) is 6.04 Å². The fourth-order valence-corrected chi connectivity index (χ4v) is 1.91. The summed E-state index contributed by atoms with van der Waals surface area (Å²) in [6.45, 7) is 4.70. The standard InChI is InChI=1S/C16H24N2O2/c1-4-5-11-18(3)16(20)12-15(19)17-13(2)14-9-7-6-8-10-14/h6-10,13H,4-5,11-12H2,1-3H3,(H,17,19). The van der Waals surface area contributed by atoms with Gasteiger partial charge in [-0.25, -0.2) is 0 Å². The van der Waals surface area contributed by atoms with Gasteiger partial charge in [0.25, 0.3) is 0 Å². The summed E-state index contributed by atoms with van der Waals surface area (Å²) < 4.78 is 0. The van der Waals surface area contributed by atoms with E-state index in [2.05, 4.69) is 12.2 Å². The smallest absolute Gasteiger partial charge is 0.231 e. The molecular formula is C16H24N2O2. The molecule has 1 aromatic rings. The Bertz CT molecular complexity index is 431. The molecule has 1 atom stereocenters. The van der Waals surface area contributed by atoms with Gasteiger partial charge >= 0.3 is 0 Å². The van der Waals surface area contributed by atoms with Crippen LogP contribution in [0.15, 0.2) is 30.3 Å². The van der Waals surface area contributed by atoms with Gasteiger partial charge in [-0.05, 0) is 18.9 Å². The van der Waals surface area contributed by atoms with Crippen molar-refractivity contribution in [2.75, 3.05) is 13.6 Å².